The van der Waals surface area contributed by atoms with Crippen LogP contribution in [0.5, 0.6) is 0 Å². The second-order valence-electron chi connectivity index (χ2n) is 6.66. The van der Waals surface area contributed by atoms with E-state index >= 15 is 0 Å². The van der Waals surface area contributed by atoms with E-state index in [1.54, 1.807) is 24.3 Å². The van der Waals surface area contributed by atoms with E-state index in [9.17, 15) is 18.0 Å². The Labute approximate surface area is 170 Å². The third-order valence-electron chi connectivity index (χ3n) is 3.88. The number of carbonyl (C=O) groups is 2. The summed E-state index contributed by atoms with van der Waals surface area (Å²) in [7, 11) is -3.81. The van der Waals surface area contributed by atoms with E-state index in [0.717, 1.165) is 5.56 Å². The summed E-state index contributed by atoms with van der Waals surface area (Å²) >= 11 is 0. The Hall–Kier alpha value is -2.75. The number of rotatable bonds is 8. The number of ether oxygens (including phenoxy) is 2. The summed E-state index contributed by atoms with van der Waals surface area (Å²) in [6.45, 7) is 5.76. The number of nitrogens with one attached hydrogen (secondary N) is 1. The summed E-state index contributed by atoms with van der Waals surface area (Å²) in [5, 5.41) is 7.57. The molecule has 29 heavy (non-hydrogen) atoms. The van der Waals surface area contributed by atoms with Crippen molar-refractivity contribution in [2.45, 2.75) is 44.5 Å². The summed E-state index contributed by atoms with van der Waals surface area (Å²) in [5.41, 5.74) is 1.58. The van der Waals surface area contributed by atoms with Gasteiger partial charge in [-0.25, -0.2) is 18.4 Å². The molecule has 2 rings (SSSR count). The van der Waals surface area contributed by atoms with Gasteiger partial charge in [0.1, 0.15) is 0 Å². The smallest absolute Gasteiger partial charge is 0.338 e. The van der Waals surface area contributed by atoms with Crippen molar-refractivity contribution >= 4 is 27.6 Å². The summed E-state index contributed by atoms with van der Waals surface area (Å²) in [6, 6.07) is 12.1. The highest BCUT2D eigenvalue weighted by Crippen LogP contribution is 2.14. The molecule has 8 nitrogen and oxygen atoms in total. The second kappa shape index (κ2) is 9.64. The molecule has 1 amide bonds. The molecule has 0 saturated carbocycles. The maximum Gasteiger partial charge on any atom is 0.338 e. The van der Waals surface area contributed by atoms with Crippen molar-refractivity contribution in [1.82, 2.24) is 0 Å². The van der Waals surface area contributed by atoms with Crippen LogP contribution in [0.4, 0.5) is 5.69 Å². The number of primary sulfonamides is 1. The first-order valence-corrected chi connectivity index (χ1v) is 10.5. The molecular weight excluding hydrogens is 396 g/mol. The first-order valence-electron chi connectivity index (χ1n) is 8.91. The first kappa shape index (κ1) is 22.5. The van der Waals surface area contributed by atoms with Crippen molar-refractivity contribution in [2.75, 3.05) is 5.32 Å². The number of anilines is 1. The lowest BCUT2D eigenvalue weighted by Crippen LogP contribution is -2.30. The molecule has 3 N–H and O–H groups in total. The number of hydrogen-bond acceptors (Lipinski definition) is 6. The van der Waals surface area contributed by atoms with Crippen molar-refractivity contribution in [3.05, 3.63) is 59.7 Å². The van der Waals surface area contributed by atoms with E-state index in [0.29, 0.717) is 17.9 Å². The van der Waals surface area contributed by atoms with Crippen LogP contribution in [0.1, 0.15) is 36.7 Å². The maximum atomic E-state index is 12.2. The van der Waals surface area contributed by atoms with Crippen molar-refractivity contribution in [2.24, 2.45) is 5.14 Å². The summed E-state index contributed by atoms with van der Waals surface area (Å²) in [6.07, 6.45) is -0.945. The van der Waals surface area contributed by atoms with Gasteiger partial charge >= 0.3 is 5.97 Å². The highest BCUT2D eigenvalue weighted by atomic mass is 32.2. The van der Waals surface area contributed by atoms with Crippen LogP contribution >= 0.6 is 0 Å². The molecule has 0 spiro atoms. The fraction of sp³-hybridized carbons (Fsp3) is 0.300. The van der Waals surface area contributed by atoms with Gasteiger partial charge in [0.2, 0.25) is 10.0 Å². The fourth-order valence-electron chi connectivity index (χ4n) is 2.25. The summed E-state index contributed by atoms with van der Waals surface area (Å²) in [4.78, 5) is 24.4. The lowest BCUT2D eigenvalue weighted by Gasteiger charge is -2.14. The molecule has 0 aromatic heterocycles. The van der Waals surface area contributed by atoms with Crippen molar-refractivity contribution in [3.8, 4) is 0 Å². The third kappa shape index (κ3) is 6.97. The predicted molar refractivity (Wildman–Crippen MR) is 108 cm³/mol. The number of carbonyl (C=O) groups excluding carboxylic acids is 2. The van der Waals surface area contributed by atoms with Crippen LogP contribution < -0.4 is 10.5 Å². The maximum absolute atomic E-state index is 12.2. The number of nitrogens with two attached hydrogens (primary N) is 1. The van der Waals surface area contributed by atoms with Gasteiger partial charge in [-0.1, -0.05) is 12.1 Å². The molecule has 0 saturated heterocycles. The van der Waals surface area contributed by atoms with Gasteiger partial charge in [-0.05, 0) is 62.7 Å². The zero-order chi connectivity index (χ0) is 21.6. The van der Waals surface area contributed by atoms with Gasteiger partial charge in [0, 0.05) is 5.69 Å². The van der Waals surface area contributed by atoms with E-state index in [4.69, 9.17) is 14.6 Å². The van der Waals surface area contributed by atoms with E-state index in [-0.39, 0.29) is 11.0 Å². The number of esters is 1. The van der Waals surface area contributed by atoms with Crippen LogP contribution in [0.25, 0.3) is 0 Å². The Morgan fingerprint density at radius 1 is 1.00 bits per heavy atom. The molecule has 156 valence electrons. The highest BCUT2D eigenvalue weighted by Gasteiger charge is 2.19. The van der Waals surface area contributed by atoms with Crippen LogP contribution in [0.2, 0.25) is 0 Å². The van der Waals surface area contributed by atoms with E-state index in [1.807, 2.05) is 13.8 Å². The number of amides is 1. The molecule has 2 aromatic rings. The van der Waals surface area contributed by atoms with E-state index in [1.165, 1.54) is 31.2 Å². The molecule has 0 radical (unpaired) electrons. The zero-order valence-corrected chi connectivity index (χ0v) is 17.2. The number of sulfonamides is 1. The SMILES string of the molecule is CC(C)OCc1ccc(C(=O)O[C@@H](C)C(=O)Nc2ccc(S(N)(=O)=O)cc2)cc1. The van der Waals surface area contributed by atoms with Gasteiger partial charge in [-0.2, -0.15) is 0 Å². The van der Waals surface area contributed by atoms with Crippen molar-refractivity contribution in [1.29, 1.82) is 0 Å². The van der Waals surface area contributed by atoms with Gasteiger partial charge in [0.15, 0.2) is 6.10 Å². The van der Waals surface area contributed by atoms with Crippen LogP contribution in [-0.4, -0.2) is 32.5 Å². The van der Waals surface area contributed by atoms with Crippen LogP contribution in [0.15, 0.2) is 53.4 Å². The van der Waals surface area contributed by atoms with Gasteiger partial charge in [-0.15, -0.1) is 0 Å². The Morgan fingerprint density at radius 3 is 2.10 bits per heavy atom. The first-order chi connectivity index (χ1) is 13.6. The minimum Gasteiger partial charge on any atom is -0.449 e. The molecule has 2 aromatic carbocycles. The second-order valence-corrected chi connectivity index (χ2v) is 8.22. The number of benzene rings is 2. The Morgan fingerprint density at radius 2 is 1.59 bits per heavy atom. The molecule has 0 heterocycles. The molecule has 0 bridgehead atoms. The largest absolute Gasteiger partial charge is 0.449 e. The summed E-state index contributed by atoms with van der Waals surface area (Å²) in [5.74, 6) is -1.18. The van der Waals surface area contributed by atoms with Crippen molar-refractivity contribution < 1.29 is 27.5 Å². The highest BCUT2D eigenvalue weighted by molar-refractivity contribution is 7.89. The molecule has 1 atom stereocenters. The van der Waals surface area contributed by atoms with E-state index < -0.39 is 28.0 Å². The van der Waals surface area contributed by atoms with Gasteiger partial charge in [0.05, 0.1) is 23.2 Å². The molecule has 0 aliphatic rings. The van der Waals surface area contributed by atoms with Crippen LogP contribution in [-0.2, 0) is 30.9 Å². The summed E-state index contributed by atoms with van der Waals surface area (Å²) < 4.78 is 33.2. The third-order valence-corrected chi connectivity index (χ3v) is 4.81. The normalized spacial score (nSPS) is 12.4. The Bertz CT molecular complexity index is 953. The average molecular weight is 420 g/mol. The monoisotopic (exact) mass is 420 g/mol. The molecule has 0 fully saturated rings. The lowest BCUT2D eigenvalue weighted by molar-refractivity contribution is -0.123. The van der Waals surface area contributed by atoms with Gasteiger partial charge in [0.25, 0.3) is 5.91 Å². The van der Waals surface area contributed by atoms with Gasteiger partial charge in [-0.3, -0.25) is 4.79 Å². The quantitative estimate of drug-likeness (QED) is 0.632. The lowest BCUT2D eigenvalue weighted by atomic mass is 10.1. The minimum absolute atomic E-state index is 0.0720. The minimum atomic E-state index is -3.81. The molecule has 0 aliphatic heterocycles. The Kier molecular flexibility index (Phi) is 7.49. The molecule has 9 heteroatoms. The molecule has 0 aliphatic carbocycles. The van der Waals surface area contributed by atoms with E-state index in [2.05, 4.69) is 5.32 Å². The van der Waals surface area contributed by atoms with Crippen LogP contribution in [0, 0.1) is 0 Å². The number of hydrogen-bond donors (Lipinski definition) is 2. The van der Waals surface area contributed by atoms with Gasteiger partial charge < -0.3 is 14.8 Å². The van der Waals surface area contributed by atoms with Crippen LogP contribution in [0.3, 0.4) is 0 Å². The molecular formula is C20H24N2O6S. The van der Waals surface area contributed by atoms with Crippen molar-refractivity contribution in [3.63, 3.8) is 0 Å². The zero-order valence-electron chi connectivity index (χ0n) is 16.4. The topological polar surface area (TPSA) is 125 Å². The predicted octanol–water partition coefficient (Wildman–Crippen LogP) is 2.44. The Balaban J connectivity index is 1.92. The average Bonchev–Trinajstić information content (AvgIpc) is 2.66. The fourth-order valence-corrected chi connectivity index (χ4v) is 2.77. The standard InChI is InChI=1S/C20H24N2O6S/c1-13(2)27-12-15-4-6-16(7-5-15)20(24)28-14(3)19(23)22-17-8-10-18(11-9-17)29(21,25)26/h4-11,13-14H,12H2,1-3H3,(H,22,23)(H2,21,25,26)/t14-/m0/s1. The molecule has 0 unspecified atom stereocenters.